The van der Waals surface area contributed by atoms with Crippen LogP contribution in [0.2, 0.25) is 0 Å². The first-order valence-corrected chi connectivity index (χ1v) is 12.4. The fourth-order valence-electron chi connectivity index (χ4n) is 3.96. The molecular formula is C22H33N5O4S. The SMILES string of the molecule is CCN(CC)S(=O)(=O)c1cc(C(=O)NCc2ccc(N3CC(C)OC(C)C3)nc2)n(C)c1. The topological polar surface area (TPSA) is 96.8 Å². The van der Waals surface area contributed by atoms with Crippen LogP contribution in [0.1, 0.15) is 43.7 Å². The number of carbonyl (C=O) groups is 1. The first kappa shape index (κ1) is 24.2. The number of aryl methyl sites for hydroxylation is 1. The number of hydrogen-bond acceptors (Lipinski definition) is 6. The van der Waals surface area contributed by atoms with Crippen LogP contribution in [-0.2, 0) is 28.4 Å². The molecule has 1 N–H and O–H groups in total. The van der Waals surface area contributed by atoms with E-state index >= 15 is 0 Å². The Balaban J connectivity index is 1.64. The number of amides is 1. The van der Waals surface area contributed by atoms with Gasteiger partial charge in [0.25, 0.3) is 5.91 Å². The van der Waals surface area contributed by atoms with E-state index in [9.17, 15) is 13.2 Å². The minimum Gasteiger partial charge on any atom is -0.372 e. The number of anilines is 1. The lowest BCUT2D eigenvalue weighted by atomic mass is 10.2. The standard InChI is InChI=1S/C22H33N5O4S/c1-6-27(7-2)32(29,30)19-10-20(25(5)15-19)22(28)24-12-18-8-9-21(23-11-18)26-13-16(3)31-17(4)14-26/h8-11,15-17H,6-7,12-14H2,1-5H3,(H,24,28). The molecule has 1 fully saturated rings. The quantitative estimate of drug-likeness (QED) is 0.643. The molecule has 0 saturated carbocycles. The monoisotopic (exact) mass is 463 g/mol. The first-order valence-electron chi connectivity index (χ1n) is 11.0. The van der Waals surface area contributed by atoms with Gasteiger partial charge in [-0.25, -0.2) is 13.4 Å². The predicted molar refractivity (Wildman–Crippen MR) is 123 cm³/mol. The highest BCUT2D eigenvalue weighted by Crippen LogP contribution is 2.20. The summed E-state index contributed by atoms with van der Waals surface area (Å²) in [4.78, 5) is 19.6. The average Bonchev–Trinajstić information content (AvgIpc) is 3.15. The van der Waals surface area contributed by atoms with Gasteiger partial charge in [0.1, 0.15) is 16.4 Å². The maximum Gasteiger partial charge on any atom is 0.268 e. The Kier molecular flexibility index (Phi) is 7.58. The molecule has 0 aliphatic carbocycles. The minimum absolute atomic E-state index is 0.119. The molecule has 2 atom stereocenters. The largest absolute Gasteiger partial charge is 0.372 e. The number of pyridine rings is 1. The number of carbonyl (C=O) groups excluding carboxylic acids is 1. The van der Waals surface area contributed by atoms with Crippen molar-refractivity contribution in [2.75, 3.05) is 31.1 Å². The molecular weight excluding hydrogens is 430 g/mol. The zero-order valence-corrected chi connectivity index (χ0v) is 20.2. The normalized spacial score (nSPS) is 19.4. The van der Waals surface area contributed by atoms with Crippen molar-refractivity contribution in [3.63, 3.8) is 0 Å². The van der Waals surface area contributed by atoms with E-state index in [1.807, 2.05) is 12.1 Å². The summed E-state index contributed by atoms with van der Waals surface area (Å²) in [6, 6.07) is 5.31. The molecule has 0 spiro atoms. The average molecular weight is 464 g/mol. The van der Waals surface area contributed by atoms with E-state index in [-0.39, 0.29) is 28.7 Å². The maximum absolute atomic E-state index is 12.7. The van der Waals surface area contributed by atoms with Crippen molar-refractivity contribution in [2.24, 2.45) is 7.05 Å². The molecule has 1 saturated heterocycles. The van der Waals surface area contributed by atoms with Gasteiger partial charge in [0.05, 0.1) is 12.2 Å². The second kappa shape index (κ2) is 10.0. The second-order valence-electron chi connectivity index (χ2n) is 8.13. The molecule has 0 aromatic carbocycles. The van der Waals surface area contributed by atoms with Gasteiger partial charge < -0.3 is 19.5 Å². The van der Waals surface area contributed by atoms with Gasteiger partial charge in [-0.15, -0.1) is 0 Å². The number of rotatable bonds is 8. The summed E-state index contributed by atoms with van der Waals surface area (Å²) in [5, 5.41) is 2.85. The summed E-state index contributed by atoms with van der Waals surface area (Å²) < 4.78 is 34.1. The molecule has 9 nitrogen and oxygen atoms in total. The molecule has 32 heavy (non-hydrogen) atoms. The third kappa shape index (κ3) is 5.31. The van der Waals surface area contributed by atoms with Crippen molar-refractivity contribution in [3.05, 3.63) is 41.9 Å². The Labute approximate surface area is 190 Å². The van der Waals surface area contributed by atoms with Crippen molar-refractivity contribution in [2.45, 2.75) is 51.3 Å². The van der Waals surface area contributed by atoms with Gasteiger partial charge in [0.2, 0.25) is 10.0 Å². The van der Waals surface area contributed by atoms with E-state index in [0.29, 0.717) is 19.6 Å². The molecule has 10 heteroatoms. The van der Waals surface area contributed by atoms with Gasteiger partial charge in [-0.2, -0.15) is 4.31 Å². The lowest BCUT2D eigenvalue weighted by molar-refractivity contribution is -0.00546. The minimum atomic E-state index is -3.62. The third-order valence-corrected chi connectivity index (χ3v) is 7.58. The fourth-order valence-corrected chi connectivity index (χ4v) is 5.49. The lowest BCUT2D eigenvalue weighted by Crippen LogP contribution is -2.45. The molecule has 2 unspecified atom stereocenters. The molecule has 2 aromatic rings. The molecule has 1 aliphatic heterocycles. The summed E-state index contributed by atoms with van der Waals surface area (Å²) in [6.07, 6.45) is 3.53. The van der Waals surface area contributed by atoms with Gasteiger partial charge in [-0.3, -0.25) is 4.79 Å². The van der Waals surface area contributed by atoms with E-state index in [2.05, 4.69) is 29.0 Å². The van der Waals surface area contributed by atoms with Gasteiger partial charge in [-0.1, -0.05) is 19.9 Å². The van der Waals surface area contributed by atoms with E-state index in [0.717, 1.165) is 24.5 Å². The number of ether oxygens (including phenoxy) is 1. The van der Waals surface area contributed by atoms with Gasteiger partial charge in [0.15, 0.2) is 0 Å². The Morgan fingerprint density at radius 2 is 1.88 bits per heavy atom. The van der Waals surface area contributed by atoms with Crippen molar-refractivity contribution in [3.8, 4) is 0 Å². The molecule has 1 aliphatic rings. The molecule has 3 rings (SSSR count). The zero-order valence-electron chi connectivity index (χ0n) is 19.4. The molecule has 1 amide bonds. The van der Waals surface area contributed by atoms with E-state index in [1.165, 1.54) is 21.1 Å². The van der Waals surface area contributed by atoms with Crippen LogP contribution in [0.4, 0.5) is 5.82 Å². The van der Waals surface area contributed by atoms with Crippen molar-refractivity contribution in [1.29, 1.82) is 0 Å². The zero-order chi connectivity index (χ0) is 23.5. The highest BCUT2D eigenvalue weighted by molar-refractivity contribution is 7.89. The third-order valence-electron chi connectivity index (χ3n) is 5.56. The van der Waals surface area contributed by atoms with Crippen LogP contribution in [0.3, 0.4) is 0 Å². The number of hydrogen-bond donors (Lipinski definition) is 1. The van der Waals surface area contributed by atoms with Gasteiger partial charge >= 0.3 is 0 Å². The number of nitrogens with zero attached hydrogens (tertiary/aromatic N) is 4. The molecule has 0 bridgehead atoms. The van der Waals surface area contributed by atoms with Crippen molar-refractivity contribution in [1.82, 2.24) is 19.2 Å². The van der Waals surface area contributed by atoms with Crippen LogP contribution in [0.5, 0.6) is 0 Å². The number of aromatic nitrogens is 2. The first-order chi connectivity index (χ1) is 15.1. The molecule has 2 aromatic heterocycles. The van der Waals surface area contributed by atoms with Crippen LogP contribution in [0.15, 0.2) is 35.5 Å². The van der Waals surface area contributed by atoms with Gasteiger partial charge in [-0.05, 0) is 31.5 Å². The second-order valence-corrected chi connectivity index (χ2v) is 10.1. The molecule has 3 heterocycles. The van der Waals surface area contributed by atoms with Crippen LogP contribution < -0.4 is 10.2 Å². The Hall–Kier alpha value is -2.43. The number of morpholine rings is 1. The van der Waals surface area contributed by atoms with Crippen LogP contribution in [-0.4, -0.2) is 66.6 Å². The highest BCUT2D eigenvalue weighted by Gasteiger charge is 2.26. The number of nitrogens with one attached hydrogen (secondary N) is 1. The van der Waals surface area contributed by atoms with E-state index in [1.54, 1.807) is 27.1 Å². The fraction of sp³-hybridized carbons (Fsp3) is 0.545. The Morgan fingerprint density at radius 1 is 1.22 bits per heavy atom. The van der Waals surface area contributed by atoms with E-state index < -0.39 is 10.0 Å². The van der Waals surface area contributed by atoms with Crippen LogP contribution >= 0.6 is 0 Å². The summed E-state index contributed by atoms with van der Waals surface area (Å²) in [6.45, 7) is 10.3. The van der Waals surface area contributed by atoms with E-state index in [4.69, 9.17) is 4.74 Å². The Morgan fingerprint density at radius 3 is 2.44 bits per heavy atom. The lowest BCUT2D eigenvalue weighted by Gasteiger charge is -2.36. The predicted octanol–water partition coefficient (Wildman–Crippen LogP) is 1.99. The Bertz CT molecular complexity index is 1020. The van der Waals surface area contributed by atoms with Crippen molar-refractivity contribution < 1.29 is 17.9 Å². The highest BCUT2D eigenvalue weighted by atomic mass is 32.2. The number of sulfonamides is 1. The van der Waals surface area contributed by atoms with Crippen LogP contribution in [0.25, 0.3) is 0 Å². The molecule has 176 valence electrons. The summed E-state index contributed by atoms with van der Waals surface area (Å²) in [5.41, 5.74) is 1.15. The molecule has 0 radical (unpaired) electrons. The van der Waals surface area contributed by atoms with Gasteiger partial charge in [0, 0.05) is 52.2 Å². The summed E-state index contributed by atoms with van der Waals surface area (Å²) >= 11 is 0. The van der Waals surface area contributed by atoms with Crippen LogP contribution in [0, 0.1) is 0 Å². The maximum atomic E-state index is 12.7. The van der Waals surface area contributed by atoms with Crippen molar-refractivity contribution >= 4 is 21.7 Å². The summed E-state index contributed by atoms with van der Waals surface area (Å²) in [7, 11) is -1.95. The smallest absolute Gasteiger partial charge is 0.268 e. The summed E-state index contributed by atoms with van der Waals surface area (Å²) in [5.74, 6) is 0.546.